The SMILES string of the molecule is Cc1nc(CN2C[C@@H](OCc3ccccn3)CN(C(=O)c3cn4ccccc4n3)CC2=O)cs1. The highest BCUT2D eigenvalue weighted by molar-refractivity contribution is 7.09. The van der Waals surface area contributed by atoms with Crippen LogP contribution in [-0.4, -0.2) is 66.7 Å². The molecule has 0 unspecified atom stereocenters. The van der Waals surface area contributed by atoms with Crippen LogP contribution in [0.3, 0.4) is 0 Å². The number of aromatic nitrogens is 4. The predicted octanol–water partition coefficient (Wildman–Crippen LogP) is 2.56. The van der Waals surface area contributed by atoms with Crippen LogP contribution in [0, 0.1) is 6.92 Å². The quantitative estimate of drug-likeness (QED) is 0.425. The molecule has 10 heteroatoms. The van der Waals surface area contributed by atoms with E-state index in [1.54, 1.807) is 33.0 Å². The van der Waals surface area contributed by atoms with Crippen molar-refractivity contribution in [2.24, 2.45) is 0 Å². The van der Waals surface area contributed by atoms with Gasteiger partial charge in [-0.05, 0) is 31.2 Å². The van der Waals surface area contributed by atoms with Crippen LogP contribution in [0.4, 0.5) is 0 Å². The Morgan fingerprint density at radius 2 is 2.03 bits per heavy atom. The first-order chi connectivity index (χ1) is 16.5. The molecule has 1 atom stereocenters. The van der Waals surface area contributed by atoms with Crippen molar-refractivity contribution >= 4 is 28.8 Å². The van der Waals surface area contributed by atoms with Crippen molar-refractivity contribution in [1.82, 2.24) is 29.2 Å². The van der Waals surface area contributed by atoms with Crippen LogP contribution >= 0.6 is 11.3 Å². The molecular formula is C24H24N6O3S. The van der Waals surface area contributed by atoms with Crippen molar-refractivity contribution < 1.29 is 14.3 Å². The smallest absolute Gasteiger partial charge is 0.274 e. The van der Waals surface area contributed by atoms with E-state index in [4.69, 9.17) is 4.74 Å². The summed E-state index contributed by atoms with van der Waals surface area (Å²) in [5.74, 6) is -0.443. The van der Waals surface area contributed by atoms with Gasteiger partial charge in [0.25, 0.3) is 5.91 Å². The number of amides is 2. The maximum Gasteiger partial charge on any atom is 0.274 e. The number of hydrogen-bond donors (Lipinski definition) is 0. The lowest BCUT2D eigenvalue weighted by molar-refractivity contribution is -0.132. The zero-order chi connectivity index (χ0) is 23.5. The maximum atomic E-state index is 13.4. The Labute approximate surface area is 200 Å². The van der Waals surface area contributed by atoms with Crippen molar-refractivity contribution in [3.63, 3.8) is 0 Å². The van der Waals surface area contributed by atoms with Gasteiger partial charge in [0.1, 0.15) is 17.9 Å². The predicted molar refractivity (Wildman–Crippen MR) is 126 cm³/mol. The first-order valence-electron chi connectivity index (χ1n) is 11.0. The molecular weight excluding hydrogens is 452 g/mol. The van der Waals surface area contributed by atoms with Gasteiger partial charge in [-0.25, -0.2) is 9.97 Å². The first kappa shape index (κ1) is 22.2. The standard InChI is InChI=1S/C24H24N6O3S/c1-17-26-19(16-34-17)10-29-11-20(33-15-18-6-2-4-8-25-18)12-30(14-23(29)31)24(32)21-13-28-9-5-3-7-22(28)27-21/h2-9,13,16,20H,10-12,14-15H2,1H3/t20-/m1/s1. The molecule has 1 saturated heterocycles. The minimum atomic E-state index is -0.380. The number of hydrogen-bond acceptors (Lipinski definition) is 7. The zero-order valence-corrected chi connectivity index (χ0v) is 19.5. The van der Waals surface area contributed by atoms with Gasteiger partial charge in [0.05, 0.1) is 35.7 Å². The average molecular weight is 477 g/mol. The Morgan fingerprint density at radius 3 is 2.79 bits per heavy atom. The molecule has 0 saturated carbocycles. The third kappa shape index (κ3) is 4.97. The number of thiazole rings is 1. The maximum absolute atomic E-state index is 13.4. The normalized spacial score (nSPS) is 16.7. The second kappa shape index (κ2) is 9.70. The molecule has 0 spiro atoms. The molecule has 34 heavy (non-hydrogen) atoms. The molecule has 1 fully saturated rings. The average Bonchev–Trinajstić information content (AvgIpc) is 3.43. The monoisotopic (exact) mass is 476 g/mol. The van der Waals surface area contributed by atoms with Crippen molar-refractivity contribution in [3.8, 4) is 0 Å². The van der Waals surface area contributed by atoms with Crippen molar-refractivity contribution in [3.05, 3.63) is 82.5 Å². The van der Waals surface area contributed by atoms with E-state index in [2.05, 4.69) is 15.0 Å². The largest absolute Gasteiger partial charge is 0.368 e. The van der Waals surface area contributed by atoms with E-state index < -0.39 is 0 Å². The Balaban J connectivity index is 1.37. The molecule has 0 bridgehead atoms. The lowest BCUT2D eigenvalue weighted by Gasteiger charge is -2.24. The highest BCUT2D eigenvalue weighted by Crippen LogP contribution is 2.17. The molecule has 0 aliphatic carbocycles. The molecule has 5 heterocycles. The highest BCUT2D eigenvalue weighted by atomic mass is 32.1. The molecule has 0 radical (unpaired) electrons. The summed E-state index contributed by atoms with van der Waals surface area (Å²) in [6.07, 6.45) is 4.86. The third-order valence-electron chi connectivity index (χ3n) is 5.61. The third-order valence-corrected chi connectivity index (χ3v) is 6.43. The van der Waals surface area contributed by atoms with Crippen molar-refractivity contribution in [2.45, 2.75) is 26.2 Å². The van der Waals surface area contributed by atoms with Crippen LogP contribution in [0.2, 0.25) is 0 Å². The number of pyridine rings is 2. The summed E-state index contributed by atoms with van der Waals surface area (Å²) in [6.45, 7) is 3.20. The fourth-order valence-corrected chi connectivity index (χ4v) is 4.56. The number of carbonyl (C=O) groups excluding carboxylic acids is 2. The number of fused-ring (bicyclic) bond motifs is 1. The lowest BCUT2D eigenvalue weighted by Crippen LogP contribution is -2.39. The lowest BCUT2D eigenvalue weighted by atomic mass is 10.3. The van der Waals surface area contributed by atoms with Gasteiger partial charge in [0.2, 0.25) is 5.91 Å². The zero-order valence-electron chi connectivity index (χ0n) is 18.7. The summed E-state index contributed by atoms with van der Waals surface area (Å²) in [7, 11) is 0. The molecule has 4 aromatic rings. The van der Waals surface area contributed by atoms with Crippen molar-refractivity contribution in [2.75, 3.05) is 19.6 Å². The molecule has 174 valence electrons. The number of aryl methyl sites for hydroxylation is 1. The van der Waals surface area contributed by atoms with E-state index in [0.29, 0.717) is 31.0 Å². The first-order valence-corrected chi connectivity index (χ1v) is 11.9. The molecule has 4 aromatic heterocycles. The fourth-order valence-electron chi connectivity index (χ4n) is 3.95. The van der Waals surface area contributed by atoms with E-state index in [1.807, 2.05) is 54.9 Å². The summed E-state index contributed by atoms with van der Waals surface area (Å²) in [5, 5.41) is 2.90. The van der Waals surface area contributed by atoms with Gasteiger partial charge in [-0.1, -0.05) is 12.1 Å². The van der Waals surface area contributed by atoms with E-state index >= 15 is 0 Å². The summed E-state index contributed by atoms with van der Waals surface area (Å²) >= 11 is 1.55. The Bertz CT molecular complexity index is 1270. The van der Waals surface area contributed by atoms with Crippen LogP contribution in [0.25, 0.3) is 5.65 Å². The fraction of sp³-hybridized carbons (Fsp3) is 0.292. The van der Waals surface area contributed by atoms with Crippen molar-refractivity contribution in [1.29, 1.82) is 0 Å². The van der Waals surface area contributed by atoms with E-state index in [9.17, 15) is 9.59 Å². The summed E-state index contributed by atoms with van der Waals surface area (Å²) in [6, 6.07) is 11.2. The van der Waals surface area contributed by atoms with Gasteiger partial charge in [-0.2, -0.15) is 0 Å². The number of carbonyl (C=O) groups is 2. The van der Waals surface area contributed by atoms with Crippen LogP contribution < -0.4 is 0 Å². The molecule has 0 N–H and O–H groups in total. The molecule has 1 aliphatic rings. The minimum absolute atomic E-state index is 0.0424. The Kier molecular flexibility index (Phi) is 6.33. The molecule has 5 rings (SSSR count). The van der Waals surface area contributed by atoms with E-state index in [1.165, 1.54) is 4.90 Å². The Hall–Kier alpha value is -3.63. The molecule has 0 aromatic carbocycles. The van der Waals surface area contributed by atoms with Crippen LogP contribution in [0.15, 0.2) is 60.4 Å². The van der Waals surface area contributed by atoms with Gasteiger partial charge in [0.15, 0.2) is 0 Å². The summed E-state index contributed by atoms with van der Waals surface area (Å²) < 4.78 is 7.94. The van der Waals surface area contributed by atoms with Crippen LogP contribution in [0.5, 0.6) is 0 Å². The van der Waals surface area contributed by atoms with Gasteiger partial charge in [0, 0.05) is 37.1 Å². The van der Waals surface area contributed by atoms with Crippen LogP contribution in [-0.2, 0) is 22.7 Å². The minimum Gasteiger partial charge on any atom is -0.368 e. The number of ether oxygens (including phenoxy) is 1. The summed E-state index contributed by atoms with van der Waals surface area (Å²) in [4.78, 5) is 43.0. The van der Waals surface area contributed by atoms with Gasteiger partial charge in [-0.15, -0.1) is 11.3 Å². The van der Waals surface area contributed by atoms with Crippen LogP contribution in [0.1, 0.15) is 26.9 Å². The van der Waals surface area contributed by atoms with Gasteiger partial charge < -0.3 is 18.9 Å². The molecule has 9 nitrogen and oxygen atoms in total. The van der Waals surface area contributed by atoms with E-state index in [0.717, 1.165) is 16.4 Å². The molecule has 2 amide bonds. The van der Waals surface area contributed by atoms with Gasteiger partial charge in [-0.3, -0.25) is 14.6 Å². The second-order valence-corrected chi connectivity index (χ2v) is 9.23. The summed E-state index contributed by atoms with van der Waals surface area (Å²) in [5.41, 5.74) is 2.60. The van der Waals surface area contributed by atoms with E-state index in [-0.39, 0.29) is 31.0 Å². The molecule has 1 aliphatic heterocycles. The number of nitrogens with zero attached hydrogens (tertiary/aromatic N) is 6. The van der Waals surface area contributed by atoms with Gasteiger partial charge >= 0.3 is 0 Å². The highest BCUT2D eigenvalue weighted by Gasteiger charge is 2.32. The number of imidazole rings is 1. The topological polar surface area (TPSA) is 92.9 Å². The Morgan fingerprint density at radius 1 is 1.15 bits per heavy atom. The second-order valence-electron chi connectivity index (χ2n) is 8.16. The number of rotatable bonds is 6.